The predicted molar refractivity (Wildman–Crippen MR) is 72.8 cm³/mol. The third kappa shape index (κ3) is 2.35. The average molecular weight is 359 g/mol. The van der Waals surface area contributed by atoms with E-state index in [4.69, 9.17) is 0 Å². The number of benzene rings is 1. The molecule has 0 aliphatic heterocycles. The first-order chi connectivity index (χ1) is 9.88. The van der Waals surface area contributed by atoms with Gasteiger partial charge in [0.05, 0.1) is 10.2 Å². The highest BCUT2D eigenvalue weighted by molar-refractivity contribution is 9.10. The normalized spacial score (nSPS) is 12.0. The van der Waals surface area contributed by atoms with Crippen molar-refractivity contribution in [2.24, 2.45) is 0 Å². The highest BCUT2D eigenvalue weighted by Gasteiger charge is 2.38. The van der Waals surface area contributed by atoms with E-state index < -0.39 is 23.0 Å². The van der Waals surface area contributed by atoms with Crippen molar-refractivity contribution < 1.29 is 17.6 Å². The zero-order valence-corrected chi connectivity index (χ0v) is 11.7. The Morgan fingerprint density at radius 2 is 1.86 bits per heavy atom. The molecule has 0 amide bonds. The molecule has 1 aromatic carbocycles. The summed E-state index contributed by atoms with van der Waals surface area (Å²) in [6.45, 7) is 0. The summed E-state index contributed by atoms with van der Waals surface area (Å²) in [5.74, 6) is -0.986. The van der Waals surface area contributed by atoms with Crippen LogP contribution in [0.2, 0.25) is 0 Å². The van der Waals surface area contributed by atoms with Gasteiger partial charge in [0, 0.05) is 5.56 Å². The molecule has 2 heterocycles. The van der Waals surface area contributed by atoms with E-state index in [1.165, 1.54) is 0 Å². The van der Waals surface area contributed by atoms with Crippen molar-refractivity contribution in [2.45, 2.75) is 6.18 Å². The van der Waals surface area contributed by atoms with E-state index in [9.17, 15) is 18.0 Å². The Bertz CT molecular complexity index is 869. The number of halogens is 4. The lowest BCUT2D eigenvalue weighted by Crippen LogP contribution is -2.09. The molecule has 8 heteroatoms. The van der Waals surface area contributed by atoms with Gasteiger partial charge in [-0.05, 0) is 15.9 Å². The fourth-order valence-electron chi connectivity index (χ4n) is 2.00. The molecule has 0 aliphatic rings. The Labute approximate surface area is 123 Å². The molecule has 4 nitrogen and oxygen atoms in total. The van der Waals surface area contributed by atoms with Crippen LogP contribution in [0.15, 0.2) is 44.0 Å². The minimum absolute atomic E-state index is 0.0539. The highest BCUT2D eigenvalue weighted by atomic mass is 79.9. The van der Waals surface area contributed by atoms with Gasteiger partial charge >= 0.3 is 11.9 Å². The summed E-state index contributed by atoms with van der Waals surface area (Å²) in [4.78, 5) is 17.2. The van der Waals surface area contributed by atoms with E-state index in [1.807, 2.05) is 4.98 Å². The largest absolute Gasteiger partial charge is 0.419 e. The summed E-state index contributed by atoms with van der Waals surface area (Å²) >= 11 is 2.94. The first-order valence-electron chi connectivity index (χ1n) is 5.73. The number of pyridine rings is 1. The van der Waals surface area contributed by atoms with Crippen LogP contribution in [0.1, 0.15) is 5.56 Å². The van der Waals surface area contributed by atoms with Crippen LogP contribution >= 0.6 is 15.9 Å². The Kier molecular flexibility index (Phi) is 3.12. The molecule has 0 fully saturated rings. The SMILES string of the molecule is O=c1[nH]c2c(C(F)(F)F)c(Br)c(-c3ccccc3)nc2o1. The molecule has 3 aromatic rings. The Hall–Kier alpha value is -2.09. The van der Waals surface area contributed by atoms with Gasteiger partial charge in [0.2, 0.25) is 5.71 Å². The lowest BCUT2D eigenvalue weighted by atomic mass is 10.1. The summed E-state index contributed by atoms with van der Waals surface area (Å²) < 4.78 is 44.2. The molecule has 0 saturated heterocycles. The smallest absolute Gasteiger partial charge is 0.389 e. The lowest BCUT2D eigenvalue weighted by molar-refractivity contribution is -0.137. The summed E-state index contributed by atoms with van der Waals surface area (Å²) in [7, 11) is 0. The summed E-state index contributed by atoms with van der Waals surface area (Å²) in [5.41, 5.74) is -1.34. The second-order valence-corrected chi connectivity index (χ2v) is 5.00. The number of alkyl halides is 3. The molecule has 0 saturated carbocycles. The Balaban J connectivity index is 2.43. The number of aromatic amines is 1. The van der Waals surface area contributed by atoms with Crippen LogP contribution in [-0.2, 0) is 6.18 Å². The minimum atomic E-state index is -4.67. The minimum Gasteiger partial charge on any atom is -0.389 e. The van der Waals surface area contributed by atoms with Crippen molar-refractivity contribution in [3.8, 4) is 11.3 Å². The maximum absolute atomic E-state index is 13.3. The van der Waals surface area contributed by atoms with Crippen molar-refractivity contribution in [1.82, 2.24) is 9.97 Å². The molecular formula is C13H6BrF3N2O2. The van der Waals surface area contributed by atoms with Crippen LogP contribution in [0.25, 0.3) is 22.5 Å². The van der Waals surface area contributed by atoms with Crippen LogP contribution in [0, 0.1) is 0 Å². The zero-order valence-electron chi connectivity index (χ0n) is 10.2. The van der Waals surface area contributed by atoms with Gasteiger partial charge in [-0.25, -0.2) is 9.78 Å². The van der Waals surface area contributed by atoms with Gasteiger partial charge in [-0.15, -0.1) is 0 Å². The van der Waals surface area contributed by atoms with Crippen LogP contribution in [-0.4, -0.2) is 9.97 Å². The third-order valence-corrected chi connectivity index (χ3v) is 3.62. The van der Waals surface area contributed by atoms with Crippen molar-refractivity contribution in [2.75, 3.05) is 0 Å². The number of nitrogens with zero attached hydrogens (tertiary/aromatic N) is 1. The molecule has 0 radical (unpaired) electrons. The monoisotopic (exact) mass is 358 g/mol. The molecule has 21 heavy (non-hydrogen) atoms. The standard InChI is InChI=1S/C13H6BrF3N2O2/c14-8-7(13(15,16)17)10-11(21-12(20)19-10)18-9(8)6-4-2-1-3-5-6/h1-5H,(H,19,20). The summed E-state index contributed by atoms with van der Waals surface area (Å²) in [6.07, 6.45) is -4.67. The van der Waals surface area contributed by atoms with Gasteiger partial charge in [-0.1, -0.05) is 30.3 Å². The number of H-pyrrole nitrogens is 1. The topological polar surface area (TPSA) is 58.9 Å². The molecule has 2 aromatic heterocycles. The fourth-order valence-corrected chi connectivity index (χ4v) is 2.74. The number of fused-ring (bicyclic) bond motifs is 1. The fraction of sp³-hybridized carbons (Fsp3) is 0.0769. The summed E-state index contributed by atoms with van der Waals surface area (Å²) in [5, 5.41) is 0. The van der Waals surface area contributed by atoms with Crippen LogP contribution in [0.4, 0.5) is 13.2 Å². The molecular weight excluding hydrogens is 353 g/mol. The highest BCUT2D eigenvalue weighted by Crippen LogP contribution is 2.42. The maximum atomic E-state index is 13.3. The lowest BCUT2D eigenvalue weighted by Gasteiger charge is -2.12. The van der Waals surface area contributed by atoms with Gasteiger partial charge in [-0.3, -0.25) is 4.98 Å². The van der Waals surface area contributed by atoms with Gasteiger partial charge in [-0.2, -0.15) is 13.2 Å². The van der Waals surface area contributed by atoms with Gasteiger partial charge in [0.1, 0.15) is 11.1 Å². The van der Waals surface area contributed by atoms with Crippen LogP contribution < -0.4 is 5.76 Å². The van der Waals surface area contributed by atoms with E-state index >= 15 is 0 Å². The summed E-state index contributed by atoms with van der Waals surface area (Å²) in [6, 6.07) is 8.31. The predicted octanol–water partition coefficient (Wildman–Crippen LogP) is 3.96. The molecule has 0 unspecified atom stereocenters. The van der Waals surface area contributed by atoms with Crippen molar-refractivity contribution in [3.05, 3.63) is 50.9 Å². The van der Waals surface area contributed by atoms with Crippen LogP contribution in [0.5, 0.6) is 0 Å². The van der Waals surface area contributed by atoms with Crippen molar-refractivity contribution >= 4 is 27.2 Å². The number of rotatable bonds is 1. The van der Waals surface area contributed by atoms with Crippen molar-refractivity contribution in [3.63, 3.8) is 0 Å². The molecule has 0 bridgehead atoms. The maximum Gasteiger partial charge on any atom is 0.419 e. The van der Waals surface area contributed by atoms with E-state index in [2.05, 4.69) is 25.3 Å². The van der Waals surface area contributed by atoms with Gasteiger partial charge < -0.3 is 4.42 Å². The van der Waals surface area contributed by atoms with E-state index in [0.717, 1.165) is 0 Å². The van der Waals surface area contributed by atoms with E-state index in [0.29, 0.717) is 5.56 Å². The third-order valence-electron chi connectivity index (χ3n) is 2.85. The van der Waals surface area contributed by atoms with Crippen LogP contribution in [0.3, 0.4) is 0 Å². The second kappa shape index (κ2) is 4.73. The average Bonchev–Trinajstić information content (AvgIpc) is 2.77. The number of nitrogens with one attached hydrogen (secondary N) is 1. The number of hydrogen-bond acceptors (Lipinski definition) is 3. The molecule has 0 aliphatic carbocycles. The number of hydrogen-bond donors (Lipinski definition) is 1. The van der Waals surface area contributed by atoms with Crippen molar-refractivity contribution in [1.29, 1.82) is 0 Å². The molecule has 3 rings (SSSR count). The number of oxazole rings is 1. The quantitative estimate of drug-likeness (QED) is 0.716. The molecule has 1 N–H and O–H groups in total. The molecule has 0 spiro atoms. The first kappa shape index (κ1) is 13.9. The first-order valence-corrected chi connectivity index (χ1v) is 6.52. The zero-order chi connectivity index (χ0) is 15.2. The Morgan fingerprint density at radius 3 is 2.48 bits per heavy atom. The van der Waals surface area contributed by atoms with E-state index in [1.54, 1.807) is 30.3 Å². The van der Waals surface area contributed by atoms with Gasteiger partial charge in [0.15, 0.2) is 0 Å². The van der Waals surface area contributed by atoms with Gasteiger partial charge in [0.25, 0.3) is 0 Å². The molecule has 0 atom stereocenters. The van der Waals surface area contributed by atoms with E-state index in [-0.39, 0.29) is 15.9 Å². The Morgan fingerprint density at radius 1 is 1.19 bits per heavy atom. The second-order valence-electron chi connectivity index (χ2n) is 4.21. The number of aromatic nitrogens is 2. The molecule has 108 valence electrons.